The van der Waals surface area contributed by atoms with E-state index in [2.05, 4.69) is 10.3 Å². The fourth-order valence-electron chi connectivity index (χ4n) is 4.03. The van der Waals surface area contributed by atoms with Crippen LogP contribution in [0, 0.1) is 6.92 Å². The molecule has 2 heterocycles. The number of aryl methyl sites for hydroxylation is 1. The maximum absolute atomic E-state index is 13.0. The predicted molar refractivity (Wildman–Crippen MR) is 129 cm³/mol. The third kappa shape index (κ3) is 4.61. The number of nitrogens with zero attached hydrogens (tertiary/aromatic N) is 2. The fraction of sp³-hybridized carbons (Fsp3) is 0.320. The fourth-order valence-corrected chi connectivity index (χ4v) is 4.72. The Labute approximate surface area is 197 Å². The van der Waals surface area contributed by atoms with Crippen molar-refractivity contribution in [1.82, 2.24) is 9.55 Å². The van der Waals surface area contributed by atoms with Gasteiger partial charge in [0.2, 0.25) is 5.91 Å². The minimum atomic E-state index is -0.417. The number of ether oxygens (including phenoxy) is 2. The first-order chi connectivity index (χ1) is 15.9. The Morgan fingerprint density at radius 3 is 2.70 bits per heavy atom. The molecule has 172 valence electrons. The molecule has 8 heteroatoms. The summed E-state index contributed by atoms with van der Waals surface area (Å²) in [5, 5.41) is 3.45. The highest BCUT2D eigenvalue weighted by atomic mass is 32.2. The van der Waals surface area contributed by atoms with Crippen LogP contribution in [0.5, 0.6) is 11.5 Å². The molecule has 1 unspecified atom stereocenters. The second-order valence-electron chi connectivity index (χ2n) is 7.88. The molecular weight excluding hydrogens is 438 g/mol. The molecule has 7 nitrogen and oxygen atoms in total. The first kappa shape index (κ1) is 22.9. The Morgan fingerprint density at radius 2 is 1.97 bits per heavy atom. The lowest BCUT2D eigenvalue weighted by atomic mass is 9.86. The molecule has 4 rings (SSSR count). The number of benzene rings is 2. The predicted octanol–water partition coefficient (Wildman–Crippen LogP) is 4.26. The molecule has 1 aliphatic rings. The molecule has 1 atom stereocenters. The lowest BCUT2D eigenvalue weighted by Crippen LogP contribution is -2.33. The van der Waals surface area contributed by atoms with Gasteiger partial charge in [-0.1, -0.05) is 49.0 Å². The van der Waals surface area contributed by atoms with E-state index < -0.39 is 5.92 Å². The minimum Gasteiger partial charge on any atom is -0.493 e. The topological polar surface area (TPSA) is 82.5 Å². The van der Waals surface area contributed by atoms with E-state index in [1.165, 1.54) is 11.8 Å². The van der Waals surface area contributed by atoms with Crippen LogP contribution in [0.3, 0.4) is 0 Å². The molecule has 1 amide bonds. The molecule has 1 aliphatic heterocycles. The summed E-state index contributed by atoms with van der Waals surface area (Å²) in [6, 6.07) is 13.6. The zero-order chi connectivity index (χ0) is 23.5. The lowest BCUT2D eigenvalue weighted by Gasteiger charge is -2.28. The van der Waals surface area contributed by atoms with E-state index in [9.17, 15) is 9.59 Å². The monoisotopic (exact) mass is 465 g/mol. The smallest absolute Gasteiger partial charge is 0.279 e. The van der Waals surface area contributed by atoms with Crippen LogP contribution in [-0.2, 0) is 18.4 Å². The van der Waals surface area contributed by atoms with Crippen molar-refractivity contribution in [3.05, 3.63) is 75.1 Å². The molecule has 3 aromatic rings. The van der Waals surface area contributed by atoms with Crippen molar-refractivity contribution in [2.24, 2.45) is 7.05 Å². The van der Waals surface area contributed by atoms with Crippen LogP contribution < -0.4 is 20.3 Å². The van der Waals surface area contributed by atoms with Crippen molar-refractivity contribution in [2.75, 3.05) is 18.2 Å². The number of amides is 1. The second-order valence-corrected chi connectivity index (χ2v) is 9.12. The largest absolute Gasteiger partial charge is 0.493 e. The molecule has 0 saturated carbocycles. The van der Waals surface area contributed by atoms with Crippen LogP contribution in [0.15, 0.2) is 52.4 Å². The van der Waals surface area contributed by atoms with E-state index in [1.807, 2.05) is 63.4 Å². The summed E-state index contributed by atoms with van der Waals surface area (Å²) in [5.74, 6) is 1.88. The van der Waals surface area contributed by atoms with Crippen molar-refractivity contribution in [3.8, 4) is 11.5 Å². The van der Waals surface area contributed by atoms with E-state index >= 15 is 0 Å². The number of fused-ring (bicyclic) bond motifs is 1. The standard InChI is InChI=1S/C25H27N3O4S/c1-5-33-25-27-24(30)22-18(13-21(29)26-23(22)28(25)3)16-10-11-19(20(12-16)31-4)32-14-17-9-7-6-8-15(17)2/h6-12,18H,5,13-14H2,1-4H3,(H,26,29). The van der Waals surface area contributed by atoms with Crippen LogP contribution in [0.2, 0.25) is 0 Å². The first-order valence-corrected chi connectivity index (χ1v) is 11.8. The molecule has 0 aliphatic carbocycles. The Bertz CT molecular complexity index is 1250. The summed E-state index contributed by atoms with van der Waals surface area (Å²) in [4.78, 5) is 29.8. The number of thioether (sulfide) groups is 1. The number of methoxy groups -OCH3 is 1. The molecule has 0 saturated heterocycles. The van der Waals surface area contributed by atoms with Gasteiger partial charge in [0.15, 0.2) is 16.7 Å². The van der Waals surface area contributed by atoms with E-state index in [0.29, 0.717) is 34.6 Å². The Kier molecular flexibility index (Phi) is 6.74. The van der Waals surface area contributed by atoms with Crippen LogP contribution in [0.25, 0.3) is 0 Å². The Morgan fingerprint density at radius 1 is 1.18 bits per heavy atom. The van der Waals surface area contributed by atoms with Crippen molar-refractivity contribution in [2.45, 2.75) is 37.9 Å². The average molecular weight is 466 g/mol. The summed E-state index contributed by atoms with van der Waals surface area (Å²) >= 11 is 1.46. The number of nitrogens with one attached hydrogen (secondary N) is 1. The highest BCUT2D eigenvalue weighted by molar-refractivity contribution is 7.99. The quantitative estimate of drug-likeness (QED) is 0.415. The molecule has 1 N–H and O–H groups in total. The third-order valence-electron chi connectivity index (χ3n) is 5.81. The van der Waals surface area contributed by atoms with Gasteiger partial charge in [0.1, 0.15) is 12.4 Å². The summed E-state index contributed by atoms with van der Waals surface area (Å²) in [5.41, 5.74) is 3.23. The van der Waals surface area contributed by atoms with E-state index in [1.54, 1.807) is 11.7 Å². The van der Waals surface area contributed by atoms with Gasteiger partial charge in [-0.3, -0.25) is 9.59 Å². The van der Waals surface area contributed by atoms with Gasteiger partial charge in [-0.15, -0.1) is 0 Å². The van der Waals surface area contributed by atoms with Gasteiger partial charge in [-0.25, -0.2) is 0 Å². The zero-order valence-corrected chi connectivity index (χ0v) is 20.0. The van der Waals surface area contributed by atoms with Crippen LogP contribution in [0.1, 0.15) is 41.5 Å². The number of hydrogen-bond acceptors (Lipinski definition) is 6. The van der Waals surface area contributed by atoms with Gasteiger partial charge in [-0.2, -0.15) is 4.98 Å². The number of aromatic nitrogens is 2. The molecule has 0 radical (unpaired) electrons. The zero-order valence-electron chi connectivity index (χ0n) is 19.2. The Balaban J connectivity index is 1.69. The molecule has 0 bridgehead atoms. The summed E-state index contributed by atoms with van der Waals surface area (Å²) < 4.78 is 13.4. The first-order valence-electron chi connectivity index (χ1n) is 10.8. The van der Waals surface area contributed by atoms with Crippen LogP contribution in [0.4, 0.5) is 5.82 Å². The summed E-state index contributed by atoms with van der Waals surface area (Å²) in [6.07, 6.45) is 0.163. The minimum absolute atomic E-state index is 0.139. The number of carbonyl (C=O) groups excluding carboxylic acids is 1. The van der Waals surface area contributed by atoms with Gasteiger partial charge in [-0.05, 0) is 41.5 Å². The van der Waals surface area contributed by atoms with Crippen molar-refractivity contribution in [3.63, 3.8) is 0 Å². The third-order valence-corrected chi connectivity index (χ3v) is 6.72. The molecule has 33 heavy (non-hydrogen) atoms. The van der Waals surface area contributed by atoms with Crippen LogP contribution >= 0.6 is 11.8 Å². The van der Waals surface area contributed by atoms with E-state index in [0.717, 1.165) is 22.4 Å². The van der Waals surface area contributed by atoms with Crippen molar-refractivity contribution < 1.29 is 14.3 Å². The molecular formula is C25H27N3O4S. The maximum atomic E-state index is 13.0. The Hall–Kier alpha value is -3.26. The molecule has 0 fully saturated rings. The number of anilines is 1. The highest BCUT2D eigenvalue weighted by Crippen LogP contribution is 2.39. The van der Waals surface area contributed by atoms with Gasteiger partial charge >= 0.3 is 0 Å². The highest BCUT2D eigenvalue weighted by Gasteiger charge is 2.32. The SMILES string of the molecule is CCSc1nc(=O)c2c(n1C)NC(=O)CC2c1ccc(OCc2ccccc2C)c(OC)c1. The number of rotatable bonds is 7. The van der Waals surface area contributed by atoms with Crippen molar-refractivity contribution in [1.29, 1.82) is 0 Å². The average Bonchev–Trinajstić information content (AvgIpc) is 2.81. The molecule has 2 aromatic carbocycles. The van der Waals surface area contributed by atoms with Gasteiger partial charge in [0.05, 0.1) is 12.7 Å². The molecule has 1 aromatic heterocycles. The van der Waals surface area contributed by atoms with Gasteiger partial charge in [0, 0.05) is 19.4 Å². The van der Waals surface area contributed by atoms with Gasteiger partial charge < -0.3 is 19.4 Å². The lowest BCUT2D eigenvalue weighted by molar-refractivity contribution is -0.116. The summed E-state index contributed by atoms with van der Waals surface area (Å²) in [6.45, 7) is 4.45. The normalized spacial score (nSPS) is 15.0. The molecule has 0 spiro atoms. The van der Waals surface area contributed by atoms with E-state index in [4.69, 9.17) is 9.47 Å². The van der Waals surface area contributed by atoms with Crippen molar-refractivity contribution >= 4 is 23.5 Å². The maximum Gasteiger partial charge on any atom is 0.279 e. The number of carbonyl (C=O) groups is 1. The number of hydrogen-bond donors (Lipinski definition) is 1. The second kappa shape index (κ2) is 9.70. The van der Waals surface area contributed by atoms with Crippen LogP contribution in [-0.4, -0.2) is 28.3 Å². The summed E-state index contributed by atoms with van der Waals surface area (Å²) in [7, 11) is 3.39. The van der Waals surface area contributed by atoms with E-state index in [-0.39, 0.29) is 17.9 Å². The van der Waals surface area contributed by atoms with Gasteiger partial charge in [0.25, 0.3) is 5.56 Å².